The highest BCUT2D eigenvalue weighted by atomic mass is 32.1. The predicted molar refractivity (Wildman–Crippen MR) is 81.0 cm³/mol. The summed E-state index contributed by atoms with van der Waals surface area (Å²) in [5, 5.41) is 5.29. The first-order valence-electron chi connectivity index (χ1n) is 6.49. The van der Waals surface area contributed by atoms with E-state index >= 15 is 0 Å². The van der Waals surface area contributed by atoms with Crippen molar-refractivity contribution in [1.29, 1.82) is 0 Å². The molecular weight excluding hydrogens is 273 g/mol. The van der Waals surface area contributed by atoms with Gasteiger partial charge in [-0.1, -0.05) is 12.1 Å². The molecule has 0 aliphatic heterocycles. The van der Waals surface area contributed by atoms with E-state index in [0.717, 1.165) is 27.6 Å². The molecule has 20 heavy (non-hydrogen) atoms. The van der Waals surface area contributed by atoms with Crippen LogP contribution in [0.15, 0.2) is 23.6 Å². The minimum atomic E-state index is -0.217. The maximum atomic E-state index is 13.8. The van der Waals surface area contributed by atoms with Crippen molar-refractivity contribution < 1.29 is 4.39 Å². The van der Waals surface area contributed by atoms with E-state index in [4.69, 9.17) is 0 Å². The molecule has 0 amide bonds. The first-order valence-corrected chi connectivity index (χ1v) is 7.37. The number of anilines is 1. The van der Waals surface area contributed by atoms with Crippen LogP contribution in [0.3, 0.4) is 0 Å². The van der Waals surface area contributed by atoms with Crippen LogP contribution in [-0.4, -0.2) is 9.38 Å². The van der Waals surface area contributed by atoms with E-state index in [1.807, 2.05) is 19.9 Å². The molecule has 1 aromatic carbocycles. The molecule has 104 valence electrons. The fraction of sp³-hybridized carbons (Fsp3) is 0.267. The van der Waals surface area contributed by atoms with Crippen molar-refractivity contribution in [2.24, 2.45) is 0 Å². The number of thiazole rings is 1. The molecular formula is C15H16FN3S. The van der Waals surface area contributed by atoms with Crippen LogP contribution in [0.2, 0.25) is 0 Å². The minimum absolute atomic E-state index is 0.217. The Morgan fingerprint density at radius 3 is 2.85 bits per heavy atom. The van der Waals surface area contributed by atoms with Gasteiger partial charge < -0.3 is 5.32 Å². The molecule has 3 nitrogen and oxygen atoms in total. The lowest BCUT2D eigenvalue weighted by atomic mass is 10.2. The van der Waals surface area contributed by atoms with Gasteiger partial charge >= 0.3 is 0 Å². The van der Waals surface area contributed by atoms with E-state index in [0.29, 0.717) is 12.2 Å². The average molecular weight is 289 g/mol. The van der Waals surface area contributed by atoms with E-state index < -0.39 is 0 Å². The predicted octanol–water partition coefficient (Wildman–Crippen LogP) is 4.07. The molecule has 2 heterocycles. The number of rotatable bonds is 3. The second-order valence-corrected chi connectivity index (χ2v) is 5.76. The molecule has 5 heteroatoms. The Hall–Kier alpha value is -1.88. The Kier molecular flexibility index (Phi) is 3.22. The van der Waals surface area contributed by atoms with Crippen molar-refractivity contribution in [3.05, 3.63) is 52.0 Å². The van der Waals surface area contributed by atoms with Crippen molar-refractivity contribution in [2.75, 3.05) is 5.32 Å². The SMILES string of the molecule is Cc1cccc(F)c1NCc1c(C)nc2scc(C)n12. The van der Waals surface area contributed by atoms with E-state index in [2.05, 4.69) is 27.0 Å². The van der Waals surface area contributed by atoms with Crippen molar-refractivity contribution in [1.82, 2.24) is 9.38 Å². The molecule has 0 atom stereocenters. The summed E-state index contributed by atoms with van der Waals surface area (Å²) < 4.78 is 16.0. The van der Waals surface area contributed by atoms with Gasteiger partial charge in [-0.25, -0.2) is 9.37 Å². The molecule has 0 saturated heterocycles. The lowest BCUT2D eigenvalue weighted by Crippen LogP contribution is -2.07. The van der Waals surface area contributed by atoms with E-state index in [9.17, 15) is 4.39 Å². The summed E-state index contributed by atoms with van der Waals surface area (Å²) in [6, 6.07) is 5.10. The van der Waals surface area contributed by atoms with E-state index in [1.54, 1.807) is 17.4 Å². The number of benzene rings is 1. The number of para-hydroxylation sites is 1. The number of imidazole rings is 1. The van der Waals surface area contributed by atoms with Crippen LogP contribution in [0.4, 0.5) is 10.1 Å². The highest BCUT2D eigenvalue weighted by molar-refractivity contribution is 7.15. The molecule has 0 radical (unpaired) electrons. The maximum Gasteiger partial charge on any atom is 0.194 e. The Labute approximate surface area is 121 Å². The van der Waals surface area contributed by atoms with Crippen molar-refractivity contribution in [2.45, 2.75) is 27.3 Å². The Morgan fingerprint density at radius 2 is 2.10 bits per heavy atom. The lowest BCUT2D eigenvalue weighted by Gasteiger charge is -2.11. The average Bonchev–Trinajstić information content (AvgIpc) is 2.90. The first kappa shape index (κ1) is 13.1. The molecule has 1 N–H and O–H groups in total. The third kappa shape index (κ3) is 2.08. The summed E-state index contributed by atoms with van der Waals surface area (Å²) in [4.78, 5) is 5.53. The monoisotopic (exact) mass is 289 g/mol. The largest absolute Gasteiger partial charge is 0.377 e. The van der Waals surface area contributed by atoms with Crippen LogP contribution < -0.4 is 5.32 Å². The van der Waals surface area contributed by atoms with Crippen molar-refractivity contribution >= 4 is 22.0 Å². The summed E-state index contributed by atoms with van der Waals surface area (Å²) in [6.07, 6.45) is 0. The number of hydrogen-bond donors (Lipinski definition) is 1. The van der Waals surface area contributed by atoms with E-state index in [1.165, 1.54) is 6.07 Å². The number of aromatic nitrogens is 2. The summed E-state index contributed by atoms with van der Waals surface area (Å²) in [6.45, 7) is 6.51. The minimum Gasteiger partial charge on any atom is -0.377 e. The number of fused-ring (bicyclic) bond motifs is 1. The summed E-state index contributed by atoms with van der Waals surface area (Å²) in [5.41, 5.74) is 4.70. The number of hydrogen-bond acceptors (Lipinski definition) is 3. The number of nitrogens with zero attached hydrogens (tertiary/aromatic N) is 2. The lowest BCUT2D eigenvalue weighted by molar-refractivity contribution is 0.629. The van der Waals surface area contributed by atoms with Crippen LogP contribution in [0.25, 0.3) is 4.96 Å². The molecule has 0 aliphatic carbocycles. The van der Waals surface area contributed by atoms with Crippen LogP contribution in [-0.2, 0) is 6.54 Å². The highest BCUT2D eigenvalue weighted by Gasteiger charge is 2.13. The molecule has 3 aromatic rings. The van der Waals surface area contributed by atoms with Crippen molar-refractivity contribution in [3.8, 4) is 0 Å². The molecule has 0 unspecified atom stereocenters. The van der Waals surface area contributed by atoms with Gasteiger partial charge in [-0.2, -0.15) is 0 Å². The summed E-state index contributed by atoms with van der Waals surface area (Å²) >= 11 is 1.63. The van der Waals surface area contributed by atoms with Gasteiger partial charge in [-0.15, -0.1) is 11.3 Å². The van der Waals surface area contributed by atoms with E-state index in [-0.39, 0.29) is 5.82 Å². The van der Waals surface area contributed by atoms with Gasteiger partial charge in [-0.3, -0.25) is 4.40 Å². The zero-order valence-corrected chi connectivity index (χ0v) is 12.5. The smallest absolute Gasteiger partial charge is 0.194 e. The molecule has 2 aromatic heterocycles. The molecule has 0 aliphatic rings. The second kappa shape index (κ2) is 4.90. The number of halogens is 1. The van der Waals surface area contributed by atoms with Crippen LogP contribution >= 0.6 is 11.3 Å². The van der Waals surface area contributed by atoms with Gasteiger partial charge in [0.2, 0.25) is 0 Å². The molecule has 0 spiro atoms. The van der Waals surface area contributed by atoms with Crippen LogP contribution in [0, 0.1) is 26.6 Å². The van der Waals surface area contributed by atoms with Crippen LogP contribution in [0.5, 0.6) is 0 Å². The molecule has 0 bridgehead atoms. The number of aryl methyl sites for hydroxylation is 3. The van der Waals surface area contributed by atoms with Crippen molar-refractivity contribution in [3.63, 3.8) is 0 Å². The quantitative estimate of drug-likeness (QED) is 0.787. The topological polar surface area (TPSA) is 29.3 Å². The standard InChI is InChI=1S/C15H16FN3S/c1-9-5-4-6-12(16)14(9)17-7-13-11(3)18-15-19(13)10(2)8-20-15/h4-6,8,17H,7H2,1-3H3. The zero-order chi connectivity index (χ0) is 14.3. The Bertz CT molecular complexity index is 753. The van der Waals surface area contributed by atoms with Gasteiger partial charge in [0.15, 0.2) is 4.96 Å². The summed E-state index contributed by atoms with van der Waals surface area (Å²) in [5.74, 6) is -0.217. The van der Waals surface area contributed by atoms with Crippen LogP contribution in [0.1, 0.15) is 22.6 Å². The van der Waals surface area contributed by atoms with Gasteiger partial charge in [0.1, 0.15) is 5.82 Å². The Morgan fingerprint density at radius 1 is 1.30 bits per heavy atom. The van der Waals surface area contributed by atoms with Gasteiger partial charge in [0, 0.05) is 11.1 Å². The van der Waals surface area contributed by atoms with Gasteiger partial charge in [0.25, 0.3) is 0 Å². The normalized spacial score (nSPS) is 11.2. The third-order valence-corrected chi connectivity index (χ3v) is 4.43. The maximum absolute atomic E-state index is 13.8. The Balaban J connectivity index is 1.94. The molecule has 0 fully saturated rings. The molecule has 3 rings (SSSR count). The van der Waals surface area contributed by atoms with Gasteiger partial charge in [-0.05, 0) is 32.4 Å². The third-order valence-electron chi connectivity index (χ3n) is 3.48. The summed E-state index contributed by atoms with van der Waals surface area (Å²) in [7, 11) is 0. The fourth-order valence-corrected chi connectivity index (χ4v) is 3.33. The van der Waals surface area contributed by atoms with Gasteiger partial charge in [0.05, 0.1) is 23.6 Å². The second-order valence-electron chi connectivity index (χ2n) is 4.92. The first-order chi connectivity index (χ1) is 9.58. The molecule has 0 saturated carbocycles. The highest BCUT2D eigenvalue weighted by Crippen LogP contribution is 2.23. The fourth-order valence-electron chi connectivity index (χ4n) is 2.40. The zero-order valence-electron chi connectivity index (χ0n) is 11.7. The number of nitrogens with one attached hydrogen (secondary N) is 1.